The van der Waals surface area contributed by atoms with Gasteiger partial charge in [-0.2, -0.15) is 0 Å². The van der Waals surface area contributed by atoms with Crippen LogP contribution < -0.4 is 5.73 Å². The monoisotopic (exact) mass is 286 g/mol. The minimum atomic E-state index is 0. The van der Waals surface area contributed by atoms with Gasteiger partial charge < -0.3 is 10.6 Å². The van der Waals surface area contributed by atoms with Gasteiger partial charge in [0.15, 0.2) is 0 Å². The van der Waals surface area contributed by atoms with E-state index in [0.717, 1.165) is 19.5 Å². The molecule has 0 aromatic heterocycles. The number of hydrogen-bond donors (Lipinski definition) is 1. The van der Waals surface area contributed by atoms with Gasteiger partial charge >= 0.3 is 0 Å². The first-order valence-electron chi connectivity index (χ1n) is 7.77. The lowest BCUT2D eigenvalue weighted by molar-refractivity contribution is -0.131. The number of amides is 1. The number of rotatable bonds is 2. The molecule has 4 heteroatoms. The normalized spacial score (nSPS) is 35.0. The van der Waals surface area contributed by atoms with Crippen molar-refractivity contribution in [1.82, 2.24) is 4.90 Å². The van der Waals surface area contributed by atoms with Crippen molar-refractivity contribution in [3.05, 3.63) is 0 Å². The zero-order valence-corrected chi connectivity index (χ0v) is 12.5. The number of carbonyl (C=O) groups is 1. The zero-order chi connectivity index (χ0) is 12.5. The van der Waals surface area contributed by atoms with Gasteiger partial charge in [0, 0.05) is 25.6 Å². The number of fused-ring (bicyclic) bond motifs is 1. The summed E-state index contributed by atoms with van der Waals surface area (Å²) in [4.78, 5) is 14.5. The van der Waals surface area contributed by atoms with Crippen LogP contribution in [0.25, 0.3) is 0 Å². The second kappa shape index (κ2) is 6.45. The molecular weight excluding hydrogens is 260 g/mol. The summed E-state index contributed by atoms with van der Waals surface area (Å²) in [5, 5.41) is 0. The minimum Gasteiger partial charge on any atom is -0.342 e. The maximum absolute atomic E-state index is 12.3. The molecule has 0 aromatic carbocycles. The van der Waals surface area contributed by atoms with Crippen LogP contribution in [0.15, 0.2) is 0 Å². The van der Waals surface area contributed by atoms with Gasteiger partial charge in [0.2, 0.25) is 5.91 Å². The van der Waals surface area contributed by atoms with Crippen LogP contribution in [0.2, 0.25) is 0 Å². The maximum atomic E-state index is 12.3. The molecule has 19 heavy (non-hydrogen) atoms. The molecule has 1 amide bonds. The average molecular weight is 287 g/mol. The second-order valence-corrected chi connectivity index (χ2v) is 6.67. The number of nitrogens with zero attached hydrogens (tertiary/aromatic N) is 1. The van der Waals surface area contributed by atoms with Gasteiger partial charge in [-0.1, -0.05) is 19.3 Å². The molecule has 0 radical (unpaired) electrons. The highest BCUT2D eigenvalue weighted by Crippen LogP contribution is 2.38. The predicted molar refractivity (Wildman–Crippen MR) is 79.2 cm³/mol. The van der Waals surface area contributed by atoms with Crippen LogP contribution in [0.3, 0.4) is 0 Å². The standard InChI is InChI=1S/C15H26N2O.ClH/c16-14-7-6-12-9-17(10-13(12)14)15(18)8-11-4-2-1-3-5-11;/h11-14H,1-10,16H2;1H. The molecule has 0 spiro atoms. The first kappa shape index (κ1) is 15.1. The SMILES string of the molecule is Cl.NC1CCC2CN(C(=O)CC3CCCCC3)CC12. The third kappa shape index (κ3) is 3.25. The van der Waals surface area contributed by atoms with Crippen LogP contribution >= 0.6 is 12.4 Å². The van der Waals surface area contributed by atoms with E-state index in [0.29, 0.717) is 29.7 Å². The van der Waals surface area contributed by atoms with Crippen LogP contribution in [0, 0.1) is 17.8 Å². The van der Waals surface area contributed by atoms with Crippen molar-refractivity contribution in [3.8, 4) is 0 Å². The van der Waals surface area contributed by atoms with Gasteiger partial charge in [0.25, 0.3) is 0 Å². The molecule has 3 aliphatic rings. The van der Waals surface area contributed by atoms with E-state index in [1.165, 1.54) is 44.9 Å². The first-order chi connectivity index (χ1) is 8.74. The predicted octanol–water partition coefficient (Wildman–Crippen LogP) is 2.57. The lowest BCUT2D eigenvalue weighted by atomic mass is 9.86. The van der Waals surface area contributed by atoms with Crippen molar-refractivity contribution in [2.45, 2.75) is 57.4 Å². The van der Waals surface area contributed by atoms with Gasteiger partial charge in [0.05, 0.1) is 0 Å². The molecule has 1 aliphatic heterocycles. The molecule has 3 fully saturated rings. The molecule has 3 rings (SSSR count). The Morgan fingerprint density at radius 1 is 1.05 bits per heavy atom. The minimum absolute atomic E-state index is 0. The Labute approximate surface area is 122 Å². The smallest absolute Gasteiger partial charge is 0.222 e. The summed E-state index contributed by atoms with van der Waals surface area (Å²) in [6.45, 7) is 1.93. The lowest BCUT2D eigenvalue weighted by Gasteiger charge is -2.24. The van der Waals surface area contributed by atoms with Crippen molar-refractivity contribution >= 4 is 18.3 Å². The first-order valence-corrected chi connectivity index (χ1v) is 7.77. The zero-order valence-electron chi connectivity index (χ0n) is 11.7. The quantitative estimate of drug-likeness (QED) is 0.848. The van der Waals surface area contributed by atoms with Gasteiger partial charge in [-0.25, -0.2) is 0 Å². The number of likely N-dealkylation sites (tertiary alicyclic amines) is 1. The molecule has 2 saturated carbocycles. The summed E-state index contributed by atoms with van der Waals surface area (Å²) >= 11 is 0. The average Bonchev–Trinajstić information content (AvgIpc) is 2.93. The van der Waals surface area contributed by atoms with E-state index in [2.05, 4.69) is 4.90 Å². The third-order valence-corrected chi connectivity index (χ3v) is 5.45. The van der Waals surface area contributed by atoms with Crippen LogP contribution in [0.5, 0.6) is 0 Å². The van der Waals surface area contributed by atoms with E-state index in [1.807, 2.05) is 0 Å². The number of nitrogens with two attached hydrogens (primary N) is 1. The summed E-state index contributed by atoms with van der Waals surface area (Å²) in [6.07, 6.45) is 9.77. The van der Waals surface area contributed by atoms with E-state index in [9.17, 15) is 4.79 Å². The van der Waals surface area contributed by atoms with Crippen LogP contribution in [-0.4, -0.2) is 29.9 Å². The Kier molecular flexibility index (Phi) is 5.13. The fraction of sp³-hybridized carbons (Fsp3) is 0.933. The molecule has 3 unspecified atom stereocenters. The Bertz CT molecular complexity index is 317. The number of hydrogen-bond acceptors (Lipinski definition) is 2. The van der Waals surface area contributed by atoms with Crippen LogP contribution in [-0.2, 0) is 4.79 Å². The van der Waals surface area contributed by atoms with Gasteiger partial charge in [-0.15, -0.1) is 12.4 Å². The summed E-state index contributed by atoms with van der Waals surface area (Å²) < 4.78 is 0. The Morgan fingerprint density at radius 2 is 1.79 bits per heavy atom. The Hall–Kier alpha value is -0.280. The molecular formula is C15H27ClN2O. The molecule has 0 bridgehead atoms. The molecule has 0 aromatic rings. The molecule has 110 valence electrons. The highest BCUT2D eigenvalue weighted by atomic mass is 35.5. The third-order valence-electron chi connectivity index (χ3n) is 5.45. The summed E-state index contributed by atoms with van der Waals surface area (Å²) in [5.41, 5.74) is 6.13. The van der Waals surface area contributed by atoms with E-state index in [1.54, 1.807) is 0 Å². The summed E-state index contributed by atoms with van der Waals surface area (Å²) in [5.74, 6) is 2.37. The van der Waals surface area contributed by atoms with E-state index >= 15 is 0 Å². The fourth-order valence-electron chi connectivity index (χ4n) is 4.28. The summed E-state index contributed by atoms with van der Waals surface area (Å²) in [6, 6.07) is 0.350. The molecule has 2 aliphatic carbocycles. The van der Waals surface area contributed by atoms with Crippen molar-refractivity contribution in [2.75, 3.05) is 13.1 Å². The largest absolute Gasteiger partial charge is 0.342 e. The second-order valence-electron chi connectivity index (χ2n) is 6.67. The summed E-state index contributed by atoms with van der Waals surface area (Å²) in [7, 11) is 0. The van der Waals surface area contributed by atoms with Crippen LogP contribution in [0.1, 0.15) is 51.4 Å². The molecule has 3 atom stereocenters. The fourth-order valence-corrected chi connectivity index (χ4v) is 4.28. The van der Waals surface area contributed by atoms with E-state index < -0.39 is 0 Å². The topological polar surface area (TPSA) is 46.3 Å². The van der Waals surface area contributed by atoms with Gasteiger partial charge in [0.1, 0.15) is 0 Å². The Morgan fingerprint density at radius 3 is 2.47 bits per heavy atom. The van der Waals surface area contributed by atoms with E-state index in [4.69, 9.17) is 5.73 Å². The molecule has 3 nitrogen and oxygen atoms in total. The van der Waals surface area contributed by atoms with Crippen LogP contribution in [0.4, 0.5) is 0 Å². The molecule has 2 N–H and O–H groups in total. The number of carbonyl (C=O) groups excluding carboxylic acids is 1. The van der Waals surface area contributed by atoms with Crippen molar-refractivity contribution in [1.29, 1.82) is 0 Å². The maximum Gasteiger partial charge on any atom is 0.222 e. The lowest BCUT2D eigenvalue weighted by Crippen LogP contribution is -2.34. The molecule has 1 heterocycles. The van der Waals surface area contributed by atoms with Gasteiger partial charge in [-0.05, 0) is 43.4 Å². The van der Waals surface area contributed by atoms with Crippen molar-refractivity contribution in [3.63, 3.8) is 0 Å². The van der Waals surface area contributed by atoms with Gasteiger partial charge in [-0.3, -0.25) is 4.79 Å². The molecule has 1 saturated heterocycles. The number of halogens is 1. The van der Waals surface area contributed by atoms with Crippen molar-refractivity contribution in [2.24, 2.45) is 23.5 Å². The highest BCUT2D eigenvalue weighted by Gasteiger charge is 2.42. The highest BCUT2D eigenvalue weighted by molar-refractivity contribution is 5.85. The van der Waals surface area contributed by atoms with Crippen molar-refractivity contribution < 1.29 is 4.79 Å². The Balaban J connectivity index is 0.00000133. The van der Waals surface area contributed by atoms with E-state index in [-0.39, 0.29) is 12.4 Å².